The summed E-state index contributed by atoms with van der Waals surface area (Å²) in [6.07, 6.45) is 10.9. The first-order chi connectivity index (χ1) is 6.71. The lowest BCUT2D eigenvalue weighted by Crippen LogP contribution is -2.47. The molecule has 0 radical (unpaired) electrons. The van der Waals surface area contributed by atoms with E-state index in [1.165, 1.54) is 32.1 Å². The van der Waals surface area contributed by atoms with Crippen LogP contribution in [0.2, 0.25) is 0 Å². The van der Waals surface area contributed by atoms with Gasteiger partial charge in [0.05, 0.1) is 0 Å². The molecule has 2 atom stereocenters. The molecule has 0 aromatic carbocycles. The van der Waals surface area contributed by atoms with E-state index in [0.717, 1.165) is 5.92 Å². The minimum atomic E-state index is 0.295. The summed E-state index contributed by atoms with van der Waals surface area (Å²) in [4.78, 5) is 11.6. The Labute approximate surface area is 85.6 Å². The highest BCUT2D eigenvalue weighted by atomic mass is 16.1. The highest BCUT2D eigenvalue weighted by Gasteiger charge is 2.50. The maximum absolute atomic E-state index is 11.6. The number of carbonyl (C=O) groups excluding carboxylic acids is 1. The van der Waals surface area contributed by atoms with Crippen molar-refractivity contribution in [3.05, 3.63) is 12.2 Å². The van der Waals surface area contributed by atoms with Crippen molar-refractivity contribution in [2.75, 3.05) is 0 Å². The molecule has 0 amide bonds. The van der Waals surface area contributed by atoms with Crippen LogP contribution in [0.4, 0.5) is 0 Å². The molecule has 2 bridgehead atoms. The maximum atomic E-state index is 11.6. The summed E-state index contributed by atoms with van der Waals surface area (Å²) in [7, 11) is 0. The van der Waals surface area contributed by atoms with E-state index in [1.807, 2.05) is 6.08 Å². The molecule has 0 heterocycles. The normalized spacial score (nSPS) is 50.6. The molecule has 3 saturated carbocycles. The van der Waals surface area contributed by atoms with Crippen LogP contribution >= 0.6 is 0 Å². The molecule has 4 aliphatic carbocycles. The van der Waals surface area contributed by atoms with E-state index in [-0.39, 0.29) is 0 Å². The molecule has 1 nitrogen and oxygen atoms in total. The molecule has 0 aromatic rings. The van der Waals surface area contributed by atoms with Crippen molar-refractivity contribution in [2.24, 2.45) is 23.2 Å². The Morgan fingerprint density at radius 1 is 1.36 bits per heavy atom. The van der Waals surface area contributed by atoms with E-state index in [4.69, 9.17) is 0 Å². The second-order valence-corrected chi connectivity index (χ2v) is 5.54. The number of fused-ring (bicyclic) bond motifs is 2. The lowest BCUT2D eigenvalue weighted by molar-refractivity contribution is -0.125. The third kappa shape index (κ3) is 0.986. The van der Waals surface area contributed by atoms with E-state index >= 15 is 0 Å². The standard InChI is InChI=1S/C13H18O/c1-9-11-8-10-2-5-13(11,6-3-10)7-4-12(9)14/h4,7,9-11H,2-3,5-6,8H2,1H3/t9-,10?,11-,13?/m0/s1. The zero-order valence-electron chi connectivity index (χ0n) is 8.83. The Balaban J connectivity index is 2.02. The molecule has 0 aliphatic heterocycles. The Morgan fingerprint density at radius 2 is 2.07 bits per heavy atom. The van der Waals surface area contributed by atoms with Gasteiger partial charge in [-0.15, -0.1) is 0 Å². The maximum Gasteiger partial charge on any atom is 0.158 e. The Morgan fingerprint density at radius 3 is 2.79 bits per heavy atom. The van der Waals surface area contributed by atoms with E-state index in [1.54, 1.807) is 0 Å². The summed E-state index contributed by atoms with van der Waals surface area (Å²) in [6, 6.07) is 0. The van der Waals surface area contributed by atoms with Gasteiger partial charge in [-0.1, -0.05) is 13.0 Å². The molecular formula is C13H18O. The average molecular weight is 190 g/mol. The minimum absolute atomic E-state index is 0.295. The lowest BCUT2D eigenvalue weighted by Gasteiger charge is -2.54. The second kappa shape index (κ2) is 2.71. The van der Waals surface area contributed by atoms with Gasteiger partial charge in [-0.25, -0.2) is 0 Å². The fourth-order valence-corrected chi connectivity index (χ4v) is 4.01. The Hall–Kier alpha value is -0.590. The molecule has 3 fully saturated rings. The number of ketones is 1. The summed E-state index contributed by atoms with van der Waals surface area (Å²) in [5.74, 6) is 2.27. The van der Waals surface area contributed by atoms with Gasteiger partial charge in [-0.3, -0.25) is 4.79 Å². The van der Waals surface area contributed by atoms with Crippen LogP contribution in [0, 0.1) is 23.2 Å². The largest absolute Gasteiger partial charge is 0.295 e. The van der Waals surface area contributed by atoms with Gasteiger partial charge in [0.1, 0.15) is 0 Å². The van der Waals surface area contributed by atoms with Crippen LogP contribution in [0.1, 0.15) is 39.0 Å². The lowest BCUT2D eigenvalue weighted by atomic mass is 9.50. The van der Waals surface area contributed by atoms with E-state index < -0.39 is 0 Å². The van der Waals surface area contributed by atoms with Crippen LogP contribution in [-0.4, -0.2) is 5.78 Å². The highest BCUT2D eigenvalue weighted by Crippen LogP contribution is 2.58. The van der Waals surface area contributed by atoms with E-state index in [2.05, 4.69) is 13.0 Å². The fourth-order valence-electron chi connectivity index (χ4n) is 4.01. The molecule has 0 unspecified atom stereocenters. The number of allylic oxidation sites excluding steroid dienone is 2. The van der Waals surface area contributed by atoms with Crippen LogP contribution in [0.15, 0.2) is 12.2 Å². The molecule has 0 N–H and O–H groups in total. The molecule has 76 valence electrons. The smallest absolute Gasteiger partial charge is 0.158 e. The summed E-state index contributed by atoms with van der Waals surface area (Å²) < 4.78 is 0. The first kappa shape index (κ1) is 8.70. The second-order valence-electron chi connectivity index (χ2n) is 5.54. The van der Waals surface area contributed by atoms with Gasteiger partial charge in [0.15, 0.2) is 5.78 Å². The third-order valence-corrected chi connectivity index (χ3v) is 4.99. The molecule has 1 spiro atoms. The third-order valence-electron chi connectivity index (χ3n) is 4.99. The Bertz CT molecular complexity index is 294. The highest BCUT2D eigenvalue weighted by molar-refractivity contribution is 5.92. The van der Waals surface area contributed by atoms with Crippen LogP contribution in [0.5, 0.6) is 0 Å². The monoisotopic (exact) mass is 190 g/mol. The summed E-state index contributed by atoms with van der Waals surface area (Å²) in [6.45, 7) is 2.14. The number of carbonyl (C=O) groups is 1. The van der Waals surface area contributed by atoms with Crippen LogP contribution < -0.4 is 0 Å². The average Bonchev–Trinajstić information content (AvgIpc) is 2.25. The van der Waals surface area contributed by atoms with Crippen molar-refractivity contribution in [3.8, 4) is 0 Å². The van der Waals surface area contributed by atoms with Crippen molar-refractivity contribution in [1.29, 1.82) is 0 Å². The van der Waals surface area contributed by atoms with Crippen LogP contribution in [0.25, 0.3) is 0 Å². The molecule has 4 rings (SSSR count). The summed E-state index contributed by atoms with van der Waals surface area (Å²) in [5.41, 5.74) is 0.433. The molecule has 0 saturated heterocycles. The van der Waals surface area contributed by atoms with Crippen molar-refractivity contribution < 1.29 is 4.79 Å². The molecule has 0 aromatic heterocycles. The van der Waals surface area contributed by atoms with Gasteiger partial charge in [0.25, 0.3) is 0 Å². The Kier molecular flexibility index (Phi) is 1.68. The zero-order chi connectivity index (χ0) is 9.76. The van der Waals surface area contributed by atoms with Crippen LogP contribution in [0.3, 0.4) is 0 Å². The van der Waals surface area contributed by atoms with E-state index in [9.17, 15) is 4.79 Å². The molecule has 14 heavy (non-hydrogen) atoms. The zero-order valence-corrected chi connectivity index (χ0v) is 8.83. The van der Waals surface area contributed by atoms with Gasteiger partial charge < -0.3 is 0 Å². The predicted molar refractivity (Wildman–Crippen MR) is 55.8 cm³/mol. The quantitative estimate of drug-likeness (QED) is 0.574. The number of hydrogen-bond donors (Lipinski definition) is 0. The molecule has 1 heteroatoms. The first-order valence-corrected chi connectivity index (χ1v) is 5.94. The topological polar surface area (TPSA) is 17.1 Å². The van der Waals surface area contributed by atoms with Crippen molar-refractivity contribution in [3.63, 3.8) is 0 Å². The minimum Gasteiger partial charge on any atom is -0.295 e. The van der Waals surface area contributed by atoms with Crippen molar-refractivity contribution >= 4 is 5.78 Å². The number of hydrogen-bond acceptors (Lipinski definition) is 1. The molecule has 4 aliphatic rings. The summed E-state index contributed by atoms with van der Waals surface area (Å²) >= 11 is 0. The van der Waals surface area contributed by atoms with E-state index in [0.29, 0.717) is 23.0 Å². The molecular weight excluding hydrogens is 172 g/mol. The van der Waals surface area contributed by atoms with Crippen molar-refractivity contribution in [2.45, 2.75) is 39.0 Å². The predicted octanol–water partition coefficient (Wildman–Crippen LogP) is 2.96. The SMILES string of the molecule is C[C@@H]1C(=O)C=CC23CCC(CC2)C[C@@H]13. The first-order valence-electron chi connectivity index (χ1n) is 5.94. The fraction of sp³-hybridized carbons (Fsp3) is 0.769. The van der Waals surface area contributed by atoms with Gasteiger partial charge in [0.2, 0.25) is 0 Å². The van der Waals surface area contributed by atoms with Gasteiger partial charge in [-0.2, -0.15) is 0 Å². The van der Waals surface area contributed by atoms with Gasteiger partial charge in [-0.05, 0) is 55.4 Å². The van der Waals surface area contributed by atoms with Gasteiger partial charge in [0, 0.05) is 5.92 Å². The van der Waals surface area contributed by atoms with Gasteiger partial charge >= 0.3 is 0 Å². The number of rotatable bonds is 0. The summed E-state index contributed by atoms with van der Waals surface area (Å²) in [5, 5.41) is 0. The van der Waals surface area contributed by atoms with Crippen LogP contribution in [-0.2, 0) is 4.79 Å². The van der Waals surface area contributed by atoms with Crippen molar-refractivity contribution in [1.82, 2.24) is 0 Å².